The first-order valence-corrected chi connectivity index (χ1v) is 7.87. The first kappa shape index (κ1) is 14.1. The number of nitrogens with zero attached hydrogens (tertiary/aromatic N) is 5. The third-order valence-corrected chi connectivity index (χ3v) is 4.23. The minimum Gasteiger partial charge on any atom is -0.393 e. The summed E-state index contributed by atoms with van der Waals surface area (Å²) in [5, 5.41) is 21.3. The summed E-state index contributed by atoms with van der Waals surface area (Å²) in [6.45, 7) is 0. The lowest BCUT2D eigenvalue weighted by Gasteiger charge is -2.26. The van der Waals surface area contributed by atoms with Gasteiger partial charge in [-0.15, -0.1) is 10.2 Å². The summed E-state index contributed by atoms with van der Waals surface area (Å²) >= 11 is 0. The van der Waals surface area contributed by atoms with Gasteiger partial charge in [0, 0.05) is 18.4 Å². The van der Waals surface area contributed by atoms with Crippen LogP contribution in [-0.4, -0.2) is 41.8 Å². The van der Waals surface area contributed by atoms with Crippen molar-refractivity contribution < 1.29 is 5.11 Å². The molecule has 1 saturated carbocycles. The molecule has 0 aliphatic heterocycles. The molecule has 0 unspecified atom stereocenters. The number of aromatic nitrogens is 5. The molecule has 3 aromatic rings. The van der Waals surface area contributed by atoms with Gasteiger partial charge in [0.1, 0.15) is 5.69 Å². The highest BCUT2D eigenvalue weighted by Crippen LogP contribution is 2.22. The normalized spacial score (nSPS) is 21.4. The largest absolute Gasteiger partial charge is 0.393 e. The van der Waals surface area contributed by atoms with Crippen LogP contribution in [0, 0.1) is 0 Å². The van der Waals surface area contributed by atoms with Crippen molar-refractivity contribution in [1.82, 2.24) is 24.6 Å². The molecule has 7 nitrogen and oxygen atoms in total. The van der Waals surface area contributed by atoms with E-state index in [2.05, 4.69) is 25.5 Å². The predicted octanol–water partition coefficient (Wildman–Crippen LogP) is 1.90. The number of hydrogen-bond donors (Lipinski definition) is 2. The number of nitrogens with one attached hydrogen (secondary N) is 1. The van der Waals surface area contributed by atoms with E-state index in [1.807, 2.05) is 34.9 Å². The number of aliphatic hydroxyl groups is 1. The standard InChI is InChI=1S/C16H18N6O/c23-12-6-4-11(5-7-12)18-16-17-9-8-13(19-16)15-21-20-14-3-1-2-10-22(14)15/h1-3,8-12,23H,4-7H2,(H,17,18,19). The Bertz CT molecular complexity index is 809. The van der Waals surface area contributed by atoms with E-state index in [4.69, 9.17) is 0 Å². The second-order valence-corrected chi connectivity index (χ2v) is 5.87. The monoisotopic (exact) mass is 310 g/mol. The van der Waals surface area contributed by atoms with E-state index < -0.39 is 0 Å². The zero-order valence-electron chi connectivity index (χ0n) is 12.6. The van der Waals surface area contributed by atoms with E-state index in [1.165, 1.54) is 0 Å². The Morgan fingerprint density at radius 3 is 2.83 bits per heavy atom. The van der Waals surface area contributed by atoms with Crippen LogP contribution in [0.25, 0.3) is 17.2 Å². The van der Waals surface area contributed by atoms with Crippen molar-refractivity contribution >= 4 is 11.6 Å². The highest BCUT2D eigenvalue weighted by atomic mass is 16.3. The molecule has 118 valence electrons. The summed E-state index contributed by atoms with van der Waals surface area (Å²) in [6, 6.07) is 7.92. The molecule has 0 aromatic carbocycles. The van der Waals surface area contributed by atoms with Gasteiger partial charge >= 0.3 is 0 Å². The molecule has 0 amide bonds. The fraction of sp³-hybridized carbons (Fsp3) is 0.375. The van der Waals surface area contributed by atoms with E-state index in [1.54, 1.807) is 6.20 Å². The Morgan fingerprint density at radius 2 is 1.96 bits per heavy atom. The molecule has 0 saturated heterocycles. The SMILES string of the molecule is OC1CCC(Nc2nccc(-c3nnc4ccccn34)n2)CC1. The minimum atomic E-state index is -0.164. The second kappa shape index (κ2) is 5.92. The highest BCUT2D eigenvalue weighted by molar-refractivity contribution is 5.56. The lowest BCUT2D eigenvalue weighted by molar-refractivity contribution is 0.126. The van der Waals surface area contributed by atoms with E-state index in [-0.39, 0.29) is 6.10 Å². The van der Waals surface area contributed by atoms with Crippen LogP contribution in [0.4, 0.5) is 5.95 Å². The summed E-state index contributed by atoms with van der Waals surface area (Å²) in [4.78, 5) is 8.87. The molecule has 0 atom stereocenters. The van der Waals surface area contributed by atoms with Crippen LogP contribution in [0.15, 0.2) is 36.7 Å². The number of rotatable bonds is 3. The van der Waals surface area contributed by atoms with E-state index >= 15 is 0 Å². The molecule has 2 N–H and O–H groups in total. The summed E-state index contributed by atoms with van der Waals surface area (Å²) in [5.41, 5.74) is 1.52. The van der Waals surface area contributed by atoms with Gasteiger partial charge in [0.05, 0.1) is 6.10 Å². The molecule has 1 aliphatic rings. The van der Waals surface area contributed by atoms with Crippen molar-refractivity contribution in [2.45, 2.75) is 37.8 Å². The number of pyridine rings is 1. The molecule has 3 heterocycles. The summed E-state index contributed by atoms with van der Waals surface area (Å²) < 4.78 is 1.91. The third-order valence-electron chi connectivity index (χ3n) is 4.23. The Balaban J connectivity index is 1.59. The van der Waals surface area contributed by atoms with Gasteiger partial charge in [-0.2, -0.15) is 0 Å². The Kier molecular flexibility index (Phi) is 3.63. The lowest BCUT2D eigenvalue weighted by Crippen LogP contribution is -2.28. The van der Waals surface area contributed by atoms with Crippen molar-refractivity contribution in [2.24, 2.45) is 0 Å². The number of aliphatic hydroxyl groups excluding tert-OH is 1. The molecule has 23 heavy (non-hydrogen) atoms. The fourth-order valence-electron chi connectivity index (χ4n) is 2.97. The van der Waals surface area contributed by atoms with Crippen molar-refractivity contribution in [2.75, 3.05) is 5.32 Å². The molecular weight excluding hydrogens is 292 g/mol. The maximum atomic E-state index is 9.59. The maximum Gasteiger partial charge on any atom is 0.223 e. The first-order chi connectivity index (χ1) is 11.3. The van der Waals surface area contributed by atoms with Gasteiger partial charge in [0.2, 0.25) is 5.95 Å². The molecule has 7 heteroatoms. The van der Waals surface area contributed by atoms with Gasteiger partial charge in [0.15, 0.2) is 11.5 Å². The van der Waals surface area contributed by atoms with Gasteiger partial charge in [-0.05, 0) is 43.9 Å². The summed E-state index contributed by atoms with van der Waals surface area (Å²) in [7, 11) is 0. The average molecular weight is 310 g/mol. The molecule has 4 rings (SSSR count). The fourth-order valence-corrected chi connectivity index (χ4v) is 2.97. The van der Waals surface area contributed by atoms with E-state index in [9.17, 15) is 5.11 Å². The van der Waals surface area contributed by atoms with Crippen LogP contribution in [0.3, 0.4) is 0 Å². The van der Waals surface area contributed by atoms with Gasteiger partial charge < -0.3 is 10.4 Å². The Morgan fingerprint density at radius 1 is 1.09 bits per heavy atom. The van der Waals surface area contributed by atoms with Crippen LogP contribution >= 0.6 is 0 Å². The van der Waals surface area contributed by atoms with Gasteiger partial charge in [-0.1, -0.05) is 6.07 Å². The molecule has 0 radical (unpaired) electrons. The average Bonchev–Trinajstić information content (AvgIpc) is 3.01. The van der Waals surface area contributed by atoms with Gasteiger partial charge in [-0.3, -0.25) is 4.40 Å². The van der Waals surface area contributed by atoms with Crippen LogP contribution in [0.1, 0.15) is 25.7 Å². The summed E-state index contributed by atoms with van der Waals surface area (Å²) in [5.74, 6) is 1.29. The van der Waals surface area contributed by atoms with E-state index in [0.717, 1.165) is 37.0 Å². The maximum absolute atomic E-state index is 9.59. The van der Waals surface area contributed by atoms with Crippen molar-refractivity contribution in [1.29, 1.82) is 0 Å². The zero-order valence-corrected chi connectivity index (χ0v) is 12.6. The molecule has 1 aliphatic carbocycles. The number of hydrogen-bond acceptors (Lipinski definition) is 6. The van der Waals surface area contributed by atoms with Gasteiger partial charge in [-0.25, -0.2) is 9.97 Å². The number of fused-ring (bicyclic) bond motifs is 1. The van der Waals surface area contributed by atoms with E-state index in [0.29, 0.717) is 17.8 Å². The smallest absolute Gasteiger partial charge is 0.223 e. The highest BCUT2D eigenvalue weighted by Gasteiger charge is 2.20. The van der Waals surface area contributed by atoms with Gasteiger partial charge in [0.25, 0.3) is 0 Å². The van der Waals surface area contributed by atoms with Crippen LogP contribution in [0.5, 0.6) is 0 Å². The van der Waals surface area contributed by atoms with Crippen LogP contribution in [-0.2, 0) is 0 Å². The Hall–Kier alpha value is -2.54. The second-order valence-electron chi connectivity index (χ2n) is 5.87. The van der Waals surface area contributed by atoms with Crippen molar-refractivity contribution in [3.8, 4) is 11.5 Å². The topological polar surface area (TPSA) is 88.2 Å². The van der Waals surface area contributed by atoms with Crippen molar-refractivity contribution in [3.63, 3.8) is 0 Å². The molecular formula is C16H18N6O. The van der Waals surface area contributed by atoms with Crippen LogP contribution < -0.4 is 5.32 Å². The molecule has 0 spiro atoms. The first-order valence-electron chi connectivity index (χ1n) is 7.87. The molecule has 3 aromatic heterocycles. The molecule has 0 bridgehead atoms. The minimum absolute atomic E-state index is 0.164. The predicted molar refractivity (Wildman–Crippen MR) is 85.9 cm³/mol. The van der Waals surface area contributed by atoms with Crippen LogP contribution in [0.2, 0.25) is 0 Å². The number of anilines is 1. The lowest BCUT2D eigenvalue weighted by atomic mass is 9.93. The third kappa shape index (κ3) is 2.87. The summed E-state index contributed by atoms with van der Waals surface area (Å²) in [6.07, 6.45) is 7.00. The zero-order chi connectivity index (χ0) is 15.6. The Labute approximate surface area is 133 Å². The molecule has 1 fully saturated rings. The quantitative estimate of drug-likeness (QED) is 0.768. The van der Waals surface area contributed by atoms with Crippen molar-refractivity contribution in [3.05, 3.63) is 36.7 Å².